The van der Waals surface area contributed by atoms with Crippen LogP contribution in [-0.2, 0) is 14.4 Å². The molecular weight excluding hydrogens is 346 g/mol. The van der Waals surface area contributed by atoms with Gasteiger partial charge in [0.05, 0.1) is 5.69 Å². The lowest BCUT2D eigenvalue weighted by molar-refractivity contribution is -0.136. The molecule has 0 saturated carbocycles. The second-order valence-electron chi connectivity index (χ2n) is 6.47. The molecular formula is C19H23N5O3. The van der Waals surface area contributed by atoms with Gasteiger partial charge in [-0.25, -0.2) is 4.68 Å². The van der Waals surface area contributed by atoms with Gasteiger partial charge in [0.25, 0.3) is 0 Å². The van der Waals surface area contributed by atoms with Gasteiger partial charge >= 0.3 is 0 Å². The van der Waals surface area contributed by atoms with E-state index in [1.165, 1.54) is 6.92 Å². The molecule has 0 aliphatic carbocycles. The van der Waals surface area contributed by atoms with Gasteiger partial charge in [0.2, 0.25) is 17.7 Å². The Kier molecular flexibility index (Phi) is 5.85. The highest BCUT2D eigenvalue weighted by molar-refractivity contribution is 5.97. The zero-order valence-corrected chi connectivity index (χ0v) is 15.2. The van der Waals surface area contributed by atoms with E-state index in [0.717, 1.165) is 12.1 Å². The van der Waals surface area contributed by atoms with Crippen LogP contribution in [0.1, 0.15) is 26.2 Å². The van der Waals surface area contributed by atoms with Crippen molar-refractivity contribution in [3.63, 3.8) is 0 Å². The topological polar surface area (TPSA) is 96.3 Å². The maximum absolute atomic E-state index is 12.7. The zero-order valence-electron chi connectivity index (χ0n) is 15.2. The van der Waals surface area contributed by atoms with Crippen molar-refractivity contribution >= 4 is 23.4 Å². The first kappa shape index (κ1) is 18.6. The summed E-state index contributed by atoms with van der Waals surface area (Å²) < 4.78 is 1.71. The summed E-state index contributed by atoms with van der Waals surface area (Å²) >= 11 is 0. The Labute approximate surface area is 157 Å². The van der Waals surface area contributed by atoms with E-state index >= 15 is 0 Å². The van der Waals surface area contributed by atoms with Crippen LogP contribution in [0.5, 0.6) is 0 Å². The first-order chi connectivity index (χ1) is 13.0. The number of nitrogens with zero attached hydrogens (tertiary/aromatic N) is 3. The van der Waals surface area contributed by atoms with E-state index in [4.69, 9.17) is 0 Å². The van der Waals surface area contributed by atoms with Crippen LogP contribution in [0.15, 0.2) is 42.7 Å². The molecule has 2 aromatic rings. The standard InChI is InChI=1S/C19H23N5O3/c1-14(25)20-10-8-18(26)23-11-3-7-17(23)19(27)22-15-5-2-6-16(13-15)24-12-4-9-21-24/h2,4-6,9,12-13,17H,3,7-8,10-11H2,1H3,(H,20,25)(H,22,27). The Morgan fingerprint density at radius 2 is 2.11 bits per heavy atom. The molecule has 0 bridgehead atoms. The number of amides is 3. The minimum Gasteiger partial charge on any atom is -0.356 e. The quantitative estimate of drug-likeness (QED) is 0.803. The van der Waals surface area contributed by atoms with E-state index in [0.29, 0.717) is 18.7 Å². The van der Waals surface area contributed by atoms with Crippen molar-refractivity contribution in [3.05, 3.63) is 42.7 Å². The largest absolute Gasteiger partial charge is 0.356 e. The Morgan fingerprint density at radius 1 is 1.26 bits per heavy atom. The summed E-state index contributed by atoms with van der Waals surface area (Å²) in [6, 6.07) is 8.73. The van der Waals surface area contributed by atoms with Gasteiger partial charge < -0.3 is 15.5 Å². The molecule has 1 fully saturated rings. The lowest BCUT2D eigenvalue weighted by atomic mass is 10.2. The molecule has 1 atom stereocenters. The first-order valence-electron chi connectivity index (χ1n) is 8.99. The molecule has 1 saturated heterocycles. The molecule has 27 heavy (non-hydrogen) atoms. The highest BCUT2D eigenvalue weighted by Crippen LogP contribution is 2.21. The molecule has 8 nitrogen and oxygen atoms in total. The maximum atomic E-state index is 12.7. The normalized spacial score (nSPS) is 16.2. The third-order valence-corrected chi connectivity index (χ3v) is 4.47. The highest BCUT2D eigenvalue weighted by atomic mass is 16.2. The molecule has 3 rings (SSSR count). The maximum Gasteiger partial charge on any atom is 0.247 e. The van der Waals surface area contributed by atoms with Crippen molar-refractivity contribution in [3.8, 4) is 5.69 Å². The summed E-state index contributed by atoms with van der Waals surface area (Å²) in [7, 11) is 0. The van der Waals surface area contributed by atoms with Crippen molar-refractivity contribution < 1.29 is 14.4 Å². The predicted octanol–water partition coefficient (Wildman–Crippen LogP) is 1.33. The fourth-order valence-corrected chi connectivity index (χ4v) is 3.20. The summed E-state index contributed by atoms with van der Waals surface area (Å²) in [4.78, 5) is 37.6. The lowest BCUT2D eigenvalue weighted by Gasteiger charge is -2.24. The lowest BCUT2D eigenvalue weighted by Crippen LogP contribution is -2.44. The number of nitrogens with one attached hydrogen (secondary N) is 2. The SMILES string of the molecule is CC(=O)NCCC(=O)N1CCCC1C(=O)Nc1cccc(-n2cccn2)c1. The number of carbonyl (C=O) groups excluding carboxylic acids is 3. The third kappa shape index (κ3) is 4.72. The van der Waals surface area contributed by atoms with E-state index in [2.05, 4.69) is 15.7 Å². The molecule has 1 aromatic heterocycles. The van der Waals surface area contributed by atoms with Crippen LogP contribution >= 0.6 is 0 Å². The number of aromatic nitrogens is 2. The number of benzene rings is 1. The fraction of sp³-hybridized carbons (Fsp3) is 0.368. The second kappa shape index (κ2) is 8.48. The summed E-state index contributed by atoms with van der Waals surface area (Å²) in [5, 5.41) is 9.69. The molecule has 2 N–H and O–H groups in total. The summed E-state index contributed by atoms with van der Waals surface area (Å²) in [6.45, 7) is 2.25. The van der Waals surface area contributed by atoms with Gasteiger partial charge in [-0.1, -0.05) is 6.07 Å². The summed E-state index contributed by atoms with van der Waals surface area (Å²) in [6.07, 6.45) is 5.13. The molecule has 142 valence electrons. The van der Waals surface area contributed by atoms with Gasteiger partial charge in [-0.2, -0.15) is 5.10 Å². The van der Waals surface area contributed by atoms with Crippen LogP contribution in [0, 0.1) is 0 Å². The van der Waals surface area contributed by atoms with E-state index in [1.807, 2.05) is 36.5 Å². The molecule has 1 unspecified atom stereocenters. The van der Waals surface area contributed by atoms with E-state index in [-0.39, 0.29) is 30.7 Å². The van der Waals surface area contributed by atoms with Crippen LogP contribution in [0.25, 0.3) is 5.69 Å². The van der Waals surface area contributed by atoms with Crippen molar-refractivity contribution in [2.24, 2.45) is 0 Å². The number of carbonyl (C=O) groups is 3. The Hall–Kier alpha value is -3.16. The van der Waals surface area contributed by atoms with E-state index < -0.39 is 6.04 Å². The van der Waals surface area contributed by atoms with Gasteiger partial charge in [0, 0.05) is 44.5 Å². The molecule has 1 aliphatic rings. The minimum atomic E-state index is -0.483. The number of rotatable bonds is 6. The number of hydrogen-bond acceptors (Lipinski definition) is 4. The smallest absolute Gasteiger partial charge is 0.247 e. The van der Waals surface area contributed by atoms with Crippen LogP contribution in [0.2, 0.25) is 0 Å². The first-order valence-corrected chi connectivity index (χ1v) is 8.99. The number of likely N-dealkylation sites (tertiary alicyclic amines) is 1. The molecule has 1 aliphatic heterocycles. The minimum absolute atomic E-state index is 0.119. The van der Waals surface area contributed by atoms with E-state index in [9.17, 15) is 14.4 Å². The van der Waals surface area contributed by atoms with Crippen molar-refractivity contribution in [1.82, 2.24) is 20.0 Å². The molecule has 2 heterocycles. The van der Waals surface area contributed by atoms with Gasteiger partial charge in [-0.15, -0.1) is 0 Å². The molecule has 3 amide bonds. The van der Waals surface area contributed by atoms with Crippen LogP contribution in [0.3, 0.4) is 0 Å². The Balaban J connectivity index is 1.62. The fourth-order valence-electron chi connectivity index (χ4n) is 3.20. The van der Waals surface area contributed by atoms with Crippen LogP contribution in [-0.4, -0.2) is 51.5 Å². The summed E-state index contributed by atoms with van der Waals surface area (Å²) in [5.74, 6) is -0.486. The van der Waals surface area contributed by atoms with Crippen molar-refractivity contribution in [2.45, 2.75) is 32.2 Å². The molecule has 0 spiro atoms. The second-order valence-corrected chi connectivity index (χ2v) is 6.47. The zero-order chi connectivity index (χ0) is 19.2. The number of hydrogen-bond donors (Lipinski definition) is 2. The van der Waals surface area contributed by atoms with Gasteiger partial charge in [0.1, 0.15) is 6.04 Å². The molecule has 1 aromatic carbocycles. The highest BCUT2D eigenvalue weighted by Gasteiger charge is 2.33. The summed E-state index contributed by atoms with van der Waals surface area (Å²) in [5.41, 5.74) is 1.50. The van der Waals surface area contributed by atoms with Gasteiger partial charge in [-0.3, -0.25) is 14.4 Å². The molecule has 8 heteroatoms. The third-order valence-electron chi connectivity index (χ3n) is 4.47. The predicted molar refractivity (Wildman–Crippen MR) is 100 cm³/mol. The van der Waals surface area contributed by atoms with Gasteiger partial charge in [0.15, 0.2) is 0 Å². The van der Waals surface area contributed by atoms with Crippen molar-refractivity contribution in [2.75, 3.05) is 18.4 Å². The monoisotopic (exact) mass is 369 g/mol. The van der Waals surface area contributed by atoms with Crippen molar-refractivity contribution in [1.29, 1.82) is 0 Å². The van der Waals surface area contributed by atoms with Crippen LogP contribution in [0.4, 0.5) is 5.69 Å². The Morgan fingerprint density at radius 3 is 2.85 bits per heavy atom. The number of anilines is 1. The average molecular weight is 369 g/mol. The average Bonchev–Trinajstić information content (AvgIpc) is 3.33. The Bertz CT molecular complexity index is 819. The van der Waals surface area contributed by atoms with E-state index in [1.54, 1.807) is 15.8 Å². The van der Waals surface area contributed by atoms with Crippen LogP contribution < -0.4 is 10.6 Å². The molecule has 0 radical (unpaired) electrons. The van der Waals surface area contributed by atoms with Gasteiger partial charge in [-0.05, 0) is 37.1 Å².